The molecule has 1 aromatic heterocycles. The lowest BCUT2D eigenvalue weighted by molar-refractivity contribution is 0.0521. The maximum Gasteiger partial charge on any atom is 0.360 e. The number of anilines is 1. The highest BCUT2D eigenvalue weighted by atomic mass is 79.9. The number of halogens is 2. The van der Waals surface area contributed by atoms with Crippen LogP contribution in [0.3, 0.4) is 0 Å². The Hall–Kier alpha value is -1.89. The van der Waals surface area contributed by atoms with Crippen LogP contribution in [0.2, 0.25) is 0 Å². The minimum Gasteiger partial charge on any atom is -0.461 e. The van der Waals surface area contributed by atoms with Gasteiger partial charge in [-0.1, -0.05) is 0 Å². The molecule has 5 nitrogen and oxygen atoms in total. The second kappa shape index (κ2) is 5.40. The monoisotopic (exact) mass is 327 g/mol. The number of nitrogens with two attached hydrogens (primary N) is 1. The van der Waals surface area contributed by atoms with E-state index in [2.05, 4.69) is 20.9 Å². The minimum absolute atomic E-state index is 0.0399. The highest BCUT2D eigenvalue weighted by molar-refractivity contribution is 9.10. The zero-order valence-corrected chi connectivity index (χ0v) is 11.6. The topological polar surface area (TPSA) is 70.1 Å². The molecule has 1 aromatic carbocycles. The fraction of sp³-hybridized carbons (Fsp3) is 0.167. The van der Waals surface area contributed by atoms with Crippen molar-refractivity contribution in [3.8, 4) is 5.69 Å². The quantitative estimate of drug-likeness (QED) is 0.879. The third-order valence-corrected chi connectivity index (χ3v) is 3.08. The highest BCUT2D eigenvalue weighted by Crippen LogP contribution is 2.25. The molecule has 0 aliphatic carbocycles. The number of imidazole rings is 1. The summed E-state index contributed by atoms with van der Waals surface area (Å²) < 4.78 is 19.9. The molecule has 100 valence electrons. The Balaban J connectivity index is 2.44. The van der Waals surface area contributed by atoms with Gasteiger partial charge in [-0.3, -0.25) is 4.57 Å². The average Bonchev–Trinajstić information content (AvgIpc) is 2.72. The zero-order chi connectivity index (χ0) is 14.0. The van der Waals surface area contributed by atoms with Crippen LogP contribution >= 0.6 is 15.9 Å². The van der Waals surface area contributed by atoms with E-state index in [9.17, 15) is 9.18 Å². The Kier molecular flexibility index (Phi) is 3.84. The van der Waals surface area contributed by atoms with Gasteiger partial charge >= 0.3 is 5.97 Å². The molecule has 0 spiro atoms. The fourth-order valence-electron chi connectivity index (χ4n) is 1.58. The highest BCUT2D eigenvalue weighted by Gasteiger charge is 2.18. The second-order valence-electron chi connectivity index (χ2n) is 3.66. The molecule has 19 heavy (non-hydrogen) atoms. The number of carbonyl (C=O) groups is 1. The molecule has 0 fully saturated rings. The smallest absolute Gasteiger partial charge is 0.360 e. The van der Waals surface area contributed by atoms with Crippen molar-refractivity contribution in [3.63, 3.8) is 0 Å². The van der Waals surface area contributed by atoms with E-state index in [1.165, 1.54) is 29.1 Å². The Morgan fingerprint density at radius 2 is 2.32 bits per heavy atom. The van der Waals surface area contributed by atoms with E-state index in [0.717, 1.165) is 0 Å². The second-order valence-corrected chi connectivity index (χ2v) is 4.52. The Bertz CT molecular complexity index is 627. The number of nitrogens with zero attached hydrogens (tertiary/aromatic N) is 2. The lowest BCUT2D eigenvalue weighted by atomic mass is 10.3. The summed E-state index contributed by atoms with van der Waals surface area (Å²) in [6.07, 6.45) is 1.39. The van der Waals surface area contributed by atoms with Crippen LogP contribution in [-0.4, -0.2) is 22.1 Å². The summed E-state index contributed by atoms with van der Waals surface area (Å²) in [6, 6.07) is 4.13. The van der Waals surface area contributed by atoms with Crippen molar-refractivity contribution >= 4 is 27.7 Å². The molecule has 0 aliphatic rings. The van der Waals surface area contributed by atoms with Crippen molar-refractivity contribution in [2.75, 3.05) is 12.3 Å². The van der Waals surface area contributed by atoms with Gasteiger partial charge in [0.15, 0.2) is 5.69 Å². The number of carbonyl (C=O) groups excluding carboxylic acids is 1. The van der Waals surface area contributed by atoms with Crippen LogP contribution < -0.4 is 5.73 Å². The van der Waals surface area contributed by atoms with Crippen LogP contribution in [0.25, 0.3) is 5.69 Å². The lowest BCUT2D eigenvalue weighted by Crippen LogP contribution is -2.09. The number of nitrogen functional groups attached to an aromatic ring is 1. The van der Waals surface area contributed by atoms with Gasteiger partial charge < -0.3 is 10.5 Å². The predicted octanol–water partition coefficient (Wildman–Crippen LogP) is 2.53. The van der Waals surface area contributed by atoms with Gasteiger partial charge in [0.05, 0.1) is 12.3 Å². The van der Waals surface area contributed by atoms with Gasteiger partial charge in [0, 0.05) is 4.47 Å². The molecule has 0 amide bonds. The van der Waals surface area contributed by atoms with Crippen molar-refractivity contribution in [2.24, 2.45) is 0 Å². The minimum atomic E-state index is -0.586. The zero-order valence-electron chi connectivity index (χ0n) is 10.1. The first-order valence-corrected chi connectivity index (χ1v) is 6.29. The average molecular weight is 328 g/mol. The molecule has 0 atom stereocenters. The molecule has 2 rings (SSSR count). The van der Waals surface area contributed by atoms with E-state index in [1.54, 1.807) is 6.92 Å². The van der Waals surface area contributed by atoms with E-state index in [1.807, 2.05) is 0 Å². The molecule has 0 saturated heterocycles. The maximum absolute atomic E-state index is 13.0. The number of hydrogen-bond acceptors (Lipinski definition) is 4. The van der Waals surface area contributed by atoms with Crippen LogP contribution in [-0.2, 0) is 4.74 Å². The Labute approximate surface area is 117 Å². The number of ether oxygens (including phenoxy) is 1. The van der Waals surface area contributed by atoms with E-state index in [-0.39, 0.29) is 23.9 Å². The largest absolute Gasteiger partial charge is 0.461 e. The summed E-state index contributed by atoms with van der Waals surface area (Å²) in [5.74, 6) is -0.817. The molecule has 0 radical (unpaired) electrons. The third-order valence-electron chi connectivity index (χ3n) is 2.44. The van der Waals surface area contributed by atoms with Crippen molar-refractivity contribution in [3.05, 3.63) is 40.5 Å². The maximum atomic E-state index is 13.0. The third kappa shape index (κ3) is 2.60. The first kappa shape index (κ1) is 13.5. The first-order valence-electron chi connectivity index (χ1n) is 5.50. The lowest BCUT2D eigenvalue weighted by Gasteiger charge is -2.08. The van der Waals surface area contributed by atoms with Gasteiger partial charge in [0.25, 0.3) is 0 Å². The van der Waals surface area contributed by atoms with Crippen molar-refractivity contribution in [2.45, 2.75) is 6.92 Å². The number of esters is 1. The van der Waals surface area contributed by atoms with Gasteiger partial charge in [-0.2, -0.15) is 0 Å². The molecule has 0 aliphatic heterocycles. The summed E-state index contributed by atoms with van der Waals surface area (Å²) in [5.41, 5.74) is 6.48. The Morgan fingerprint density at radius 1 is 1.58 bits per heavy atom. The number of rotatable bonds is 3. The molecule has 0 saturated carbocycles. The van der Waals surface area contributed by atoms with Crippen LogP contribution in [0.1, 0.15) is 17.4 Å². The fourth-order valence-corrected chi connectivity index (χ4v) is 2.13. The molecule has 2 N–H and O–H groups in total. The van der Waals surface area contributed by atoms with E-state index in [0.29, 0.717) is 10.2 Å². The molecule has 2 aromatic rings. The summed E-state index contributed by atoms with van der Waals surface area (Å²) >= 11 is 3.23. The standard InChI is InChI=1S/C12H11BrFN3O2/c1-2-19-12(18)10-11(15)17(6-16-10)9-4-3-7(14)5-8(9)13/h3-6H,2,15H2,1H3. The summed E-state index contributed by atoms with van der Waals surface area (Å²) in [4.78, 5) is 15.5. The van der Waals surface area contributed by atoms with Gasteiger partial charge in [0.2, 0.25) is 0 Å². The van der Waals surface area contributed by atoms with E-state index in [4.69, 9.17) is 10.5 Å². The van der Waals surface area contributed by atoms with Crippen LogP contribution in [0.5, 0.6) is 0 Å². The number of aromatic nitrogens is 2. The van der Waals surface area contributed by atoms with Gasteiger partial charge in [-0.05, 0) is 41.1 Å². The SMILES string of the molecule is CCOC(=O)c1ncn(-c2ccc(F)cc2Br)c1N. The molecule has 1 heterocycles. The van der Waals surface area contributed by atoms with Crippen LogP contribution in [0, 0.1) is 5.82 Å². The van der Waals surface area contributed by atoms with E-state index >= 15 is 0 Å². The van der Waals surface area contributed by atoms with Crippen molar-refractivity contribution in [1.82, 2.24) is 9.55 Å². The van der Waals surface area contributed by atoms with E-state index < -0.39 is 5.97 Å². The first-order chi connectivity index (χ1) is 9.04. The van der Waals surface area contributed by atoms with Crippen LogP contribution in [0.15, 0.2) is 29.0 Å². The predicted molar refractivity (Wildman–Crippen MR) is 71.6 cm³/mol. The molecular formula is C12H11BrFN3O2. The molecule has 0 unspecified atom stereocenters. The summed E-state index contributed by atoms with van der Waals surface area (Å²) in [5, 5.41) is 0. The van der Waals surface area contributed by atoms with Crippen LogP contribution in [0.4, 0.5) is 10.2 Å². The van der Waals surface area contributed by atoms with Crippen molar-refractivity contribution < 1.29 is 13.9 Å². The van der Waals surface area contributed by atoms with Gasteiger partial charge in [-0.25, -0.2) is 14.2 Å². The number of hydrogen-bond donors (Lipinski definition) is 1. The normalized spacial score (nSPS) is 10.5. The van der Waals surface area contributed by atoms with Crippen molar-refractivity contribution in [1.29, 1.82) is 0 Å². The van der Waals surface area contributed by atoms with Gasteiger partial charge in [-0.15, -0.1) is 0 Å². The Morgan fingerprint density at radius 3 is 2.95 bits per heavy atom. The molecular weight excluding hydrogens is 317 g/mol. The molecule has 7 heteroatoms. The summed E-state index contributed by atoms with van der Waals surface area (Å²) in [7, 11) is 0. The molecule has 0 bridgehead atoms. The number of benzene rings is 1. The summed E-state index contributed by atoms with van der Waals surface area (Å²) in [6.45, 7) is 1.94. The van der Waals surface area contributed by atoms with Gasteiger partial charge in [0.1, 0.15) is 18.0 Å².